The number of fused-ring (bicyclic) bond motifs is 1. The zero-order chi connectivity index (χ0) is 21.0. The second-order valence-corrected chi connectivity index (χ2v) is 6.97. The molecule has 0 unspecified atom stereocenters. The first-order chi connectivity index (χ1) is 13.9. The van der Waals surface area contributed by atoms with Crippen LogP contribution in [0.4, 0.5) is 0 Å². The fourth-order valence-corrected chi connectivity index (χ4v) is 3.46. The van der Waals surface area contributed by atoms with Gasteiger partial charge in [-0.15, -0.1) is 0 Å². The van der Waals surface area contributed by atoms with E-state index < -0.39 is 5.63 Å². The third-order valence-electron chi connectivity index (χ3n) is 4.81. The van der Waals surface area contributed by atoms with E-state index in [0.29, 0.717) is 45.8 Å². The summed E-state index contributed by atoms with van der Waals surface area (Å²) in [6.07, 6.45) is 0.552. The molecular formula is C22H22ClNO5. The predicted octanol–water partition coefficient (Wildman–Crippen LogP) is 3.67. The number of aryl methyl sites for hydroxylation is 1. The van der Waals surface area contributed by atoms with Crippen LogP contribution >= 0.6 is 11.6 Å². The summed E-state index contributed by atoms with van der Waals surface area (Å²) < 4.78 is 15.9. The van der Waals surface area contributed by atoms with Crippen LogP contribution in [0.3, 0.4) is 0 Å². The molecule has 1 aromatic heterocycles. The number of rotatable bonds is 7. The molecular weight excluding hydrogens is 394 g/mol. The normalized spacial score (nSPS) is 10.8. The summed E-state index contributed by atoms with van der Waals surface area (Å²) in [5.41, 5.74) is 1.81. The molecule has 1 N–H and O–H groups in total. The maximum Gasteiger partial charge on any atom is 0.340 e. The molecule has 0 aliphatic heterocycles. The van der Waals surface area contributed by atoms with E-state index in [1.165, 1.54) is 7.11 Å². The van der Waals surface area contributed by atoms with Gasteiger partial charge in [-0.1, -0.05) is 29.8 Å². The van der Waals surface area contributed by atoms with Gasteiger partial charge in [0.1, 0.15) is 17.1 Å². The zero-order valence-corrected chi connectivity index (χ0v) is 17.3. The average Bonchev–Trinajstić information content (AvgIpc) is 2.71. The first-order valence-electron chi connectivity index (χ1n) is 9.13. The van der Waals surface area contributed by atoms with Gasteiger partial charge in [-0.3, -0.25) is 4.79 Å². The van der Waals surface area contributed by atoms with Crippen molar-refractivity contribution in [3.05, 3.63) is 68.5 Å². The smallest absolute Gasteiger partial charge is 0.340 e. The van der Waals surface area contributed by atoms with E-state index in [1.54, 1.807) is 26.2 Å². The largest absolute Gasteiger partial charge is 0.496 e. The molecule has 1 amide bonds. The minimum absolute atomic E-state index is 0.0698. The van der Waals surface area contributed by atoms with E-state index in [2.05, 4.69) is 5.32 Å². The van der Waals surface area contributed by atoms with Gasteiger partial charge < -0.3 is 19.2 Å². The van der Waals surface area contributed by atoms with E-state index in [4.69, 9.17) is 25.5 Å². The number of carbonyl (C=O) groups is 1. The Morgan fingerprint density at radius 3 is 2.59 bits per heavy atom. The summed E-state index contributed by atoms with van der Waals surface area (Å²) in [5.74, 6) is 0.942. The van der Waals surface area contributed by atoms with Gasteiger partial charge in [-0.2, -0.15) is 0 Å². The predicted molar refractivity (Wildman–Crippen MR) is 112 cm³/mol. The maximum atomic E-state index is 12.4. The Hall–Kier alpha value is -2.99. The Bertz CT molecular complexity index is 1110. The Balaban J connectivity index is 1.74. The Morgan fingerprint density at radius 2 is 1.86 bits per heavy atom. The van der Waals surface area contributed by atoms with Crippen molar-refractivity contribution >= 4 is 28.5 Å². The molecule has 0 aliphatic carbocycles. The average molecular weight is 416 g/mol. The molecule has 0 spiro atoms. The van der Waals surface area contributed by atoms with Crippen molar-refractivity contribution < 1.29 is 18.7 Å². The highest BCUT2D eigenvalue weighted by Crippen LogP contribution is 2.31. The minimum Gasteiger partial charge on any atom is -0.496 e. The van der Waals surface area contributed by atoms with Crippen LogP contribution in [-0.2, 0) is 17.6 Å². The summed E-state index contributed by atoms with van der Waals surface area (Å²) >= 11 is 6.19. The quantitative estimate of drug-likeness (QED) is 0.596. The molecule has 3 rings (SSSR count). The summed E-state index contributed by atoms with van der Waals surface area (Å²) in [6, 6.07) is 10.9. The van der Waals surface area contributed by atoms with Gasteiger partial charge >= 0.3 is 5.63 Å². The van der Waals surface area contributed by atoms with Gasteiger partial charge in [0.2, 0.25) is 5.91 Å². The third kappa shape index (κ3) is 4.54. The molecule has 1 heterocycles. The highest BCUT2D eigenvalue weighted by Gasteiger charge is 2.17. The van der Waals surface area contributed by atoms with Crippen LogP contribution in [-0.4, -0.2) is 26.7 Å². The van der Waals surface area contributed by atoms with Crippen molar-refractivity contribution in [2.24, 2.45) is 0 Å². The van der Waals surface area contributed by atoms with Gasteiger partial charge in [-0.25, -0.2) is 4.79 Å². The van der Waals surface area contributed by atoms with E-state index in [9.17, 15) is 9.59 Å². The highest BCUT2D eigenvalue weighted by molar-refractivity contribution is 6.32. The van der Waals surface area contributed by atoms with E-state index in [0.717, 1.165) is 11.3 Å². The summed E-state index contributed by atoms with van der Waals surface area (Å²) in [5, 5.41) is 3.92. The third-order valence-corrected chi connectivity index (χ3v) is 5.10. The molecule has 0 saturated heterocycles. The van der Waals surface area contributed by atoms with Crippen LogP contribution in [0.15, 0.2) is 45.6 Å². The standard InChI is InChI=1S/C22H22ClNO5/c1-13-15-10-17(23)20(28-3)12-19(15)29-22(26)16(13)11-21(25)24-9-8-14-6-4-5-7-18(14)27-2/h4-7,10,12H,8-9,11H2,1-3H3,(H,24,25). The molecule has 152 valence electrons. The number of ether oxygens (including phenoxy) is 2. The van der Waals surface area contributed by atoms with Crippen molar-refractivity contribution in [3.8, 4) is 11.5 Å². The molecule has 6 nitrogen and oxygen atoms in total. The first kappa shape index (κ1) is 20.7. The molecule has 0 atom stereocenters. The van der Waals surface area contributed by atoms with Gasteiger partial charge in [0.25, 0.3) is 0 Å². The van der Waals surface area contributed by atoms with Crippen molar-refractivity contribution in [2.75, 3.05) is 20.8 Å². The molecule has 0 fully saturated rings. The SMILES string of the molecule is COc1cc2oc(=O)c(CC(=O)NCCc3ccccc3OC)c(C)c2cc1Cl. The molecule has 2 aromatic carbocycles. The number of amides is 1. The van der Waals surface area contributed by atoms with Crippen LogP contribution in [0.5, 0.6) is 11.5 Å². The lowest BCUT2D eigenvalue weighted by Gasteiger charge is -2.11. The molecule has 0 saturated carbocycles. The molecule has 3 aromatic rings. The summed E-state index contributed by atoms with van der Waals surface area (Å²) in [6.45, 7) is 2.21. The number of methoxy groups -OCH3 is 2. The van der Waals surface area contributed by atoms with Crippen molar-refractivity contribution in [3.63, 3.8) is 0 Å². The van der Waals surface area contributed by atoms with Crippen LogP contribution < -0.4 is 20.4 Å². The van der Waals surface area contributed by atoms with Crippen molar-refractivity contribution in [1.82, 2.24) is 5.32 Å². The number of para-hydroxylation sites is 1. The van der Waals surface area contributed by atoms with Crippen molar-refractivity contribution in [1.29, 1.82) is 0 Å². The fourth-order valence-electron chi connectivity index (χ4n) is 3.22. The van der Waals surface area contributed by atoms with Gasteiger partial charge in [0, 0.05) is 18.0 Å². The van der Waals surface area contributed by atoms with Crippen molar-refractivity contribution in [2.45, 2.75) is 19.8 Å². The zero-order valence-electron chi connectivity index (χ0n) is 16.5. The second kappa shape index (κ2) is 9.01. The van der Waals surface area contributed by atoms with Crippen LogP contribution in [0.25, 0.3) is 11.0 Å². The lowest BCUT2D eigenvalue weighted by molar-refractivity contribution is -0.120. The monoisotopic (exact) mass is 415 g/mol. The van der Waals surface area contributed by atoms with Gasteiger partial charge in [-0.05, 0) is 36.6 Å². The fraction of sp³-hybridized carbons (Fsp3) is 0.273. The molecule has 29 heavy (non-hydrogen) atoms. The number of nitrogens with one attached hydrogen (secondary N) is 1. The van der Waals surface area contributed by atoms with Gasteiger partial charge in [0.05, 0.1) is 31.2 Å². The number of carbonyl (C=O) groups excluding carboxylic acids is 1. The maximum absolute atomic E-state index is 12.4. The second-order valence-electron chi connectivity index (χ2n) is 6.56. The number of halogens is 1. The summed E-state index contributed by atoms with van der Waals surface area (Å²) in [4.78, 5) is 24.8. The van der Waals surface area contributed by atoms with E-state index in [-0.39, 0.29) is 12.3 Å². The molecule has 0 aliphatic rings. The van der Waals surface area contributed by atoms with Crippen LogP contribution in [0.1, 0.15) is 16.7 Å². The highest BCUT2D eigenvalue weighted by atomic mass is 35.5. The van der Waals surface area contributed by atoms with Crippen LogP contribution in [0, 0.1) is 6.92 Å². The topological polar surface area (TPSA) is 77.8 Å². The molecule has 0 radical (unpaired) electrons. The Morgan fingerprint density at radius 1 is 1.14 bits per heavy atom. The minimum atomic E-state index is -0.542. The van der Waals surface area contributed by atoms with E-state index in [1.807, 2.05) is 24.3 Å². The number of hydrogen-bond donors (Lipinski definition) is 1. The molecule has 7 heteroatoms. The van der Waals surface area contributed by atoms with Crippen LogP contribution in [0.2, 0.25) is 5.02 Å². The number of benzene rings is 2. The van der Waals surface area contributed by atoms with Gasteiger partial charge in [0.15, 0.2) is 0 Å². The number of hydrogen-bond acceptors (Lipinski definition) is 5. The lowest BCUT2D eigenvalue weighted by Crippen LogP contribution is -2.29. The van der Waals surface area contributed by atoms with E-state index >= 15 is 0 Å². The molecule has 0 bridgehead atoms. The first-order valence-corrected chi connectivity index (χ1v) is 9.50. The lowest BCUT2D eigenvalue weighted by atomic mass is 10.0. The Labute approximate surface area is 173 Å². The summed E-state index contributed by atoms with van der Waals surface area (Å²) in [7, 11) is 3.10. The Kier molecular flexibility index (Phi) is 6.44.